The maximum Gasteiger partial charge on any atom is 0.249 e. The molecule has 1 N–H and O–H groups in total. The van der Waals surface area contributed by atoms with E-state index in [4.69, 9.17) is 0 Å². The molecule has 0 saturated heterocycles. The topological polar surface area (TPSA) is 46.2 Å². The third kappa shape index (κ3) is 2.35. The molecule has 0 bridgehead atoms. The Morgan fingerprint density at radius 1 is 1.30 bits per heavy atom. The Balaban J connectivity index is 2.57. The predicted octanol–water partition coefficient (Wildman–Crippen LogP) is 4.52. The maximum atomic E-state index is 12.8. The number of hydrogen-bond acceptors (Lipinski definition) is 2. The van der Waals surface area contributed by atoms with Crippen molar-refractivity contribution in [2.24, 2.45) is 0 Å². The molecule has 0 spiro atoms. The highest BCUT2D eigenvalue weighted by Gasteiger charge is 2.48. The summed E-state index contributed by atoms with van der Waals surface area (Å²) in [5.74, 6) is -0.396. The summed E-state index contributed by atoms with van der Waals surface area (Å²) in [4.78, 5) is 25.1. The molecule has 5 heteroatoms. The monoisotopic (exact) mass is 401 g/mol. The molecule has 1 aromatic carbocycles. The van der Waals surface area contributed by atoms with E-state index in [0.29, 0.717) is 17.7 Å². The summed E-state index contributed by atoms with van der Waals surface area (Å²) in [6.45, 7) is 5.89. The predicted molar refractivity (Wildman–Crippen MR) is 87.8 cm³/mol. The minimum atomic E-state index is -1.13. The van der Waals surface area contributed by atoms with Gasteiger partial charge in [0.2, 0.25) is 5.91 Å². The first-order valence-corrected chi connectivity index (χ1v) is 8.26. The highest BCUT2D eigenvalue weighted by molar-refractivity contribution is 9.10. The number of amides is 1. The second-order valence-electron chi connectivity index (χ2n) is 5.24. The number of alkyl halides is 1. The van der Waals surface area contributed by atoms with Crippen LogP contribution in [0, 0.1) is 13.8 Å². The lowest BCUT2D eigenvalue weighted by Crippen LogP contribution is -2.48. The quantitative estimate of drug-likeness (QED) is 0.596. The molecule has 20 heavy (non-hydrogen) atoms. The first-order valence-electron chi connectivity index (χ1n) is 6.67. The number of unbranched alkanes of at least 4 members (excludes halogenated alkanes) is 1. The van der Waals surface area contributed by atoms with Crippen molar-refractivity contribution < 1.29 is 9.59 Å². The zero-order valence-corrected chi connectivity index (χ0v) is 14.9. The number of aryl methyl sites for hydroxylation is 1. The molecule has 108 valence electrons. The molecule has 0 fully saturated rings. The summed E-state index contributed by atoms with van der Waals surface area (Å²) in [6.07, 6.45) is 2.28. The summed E-state index contributed by atoms with van der Waals surface area (Å²) in [5.41, 5.74) is 3.11. The summed E-state index contributed by atoms with van der Waals surface area (Å²) < 4.78 is -0.207. The summed E-state index contributed by atoms with van der Waals surface area (Å²) >= 11 is 6.91. The van der Waals surface area contributed by atoms with Gasteiger partial charge in [-0.25, -0.2) is 0 Å². The van der Waals surface area contributed by atoms with Crippen LogP contribution >= 0.6 is 31.9 Å². The first-order chi connectivity index (χ1) is 9.32. The van der Waals surface area contributed by atoms with E-state index in [0.717, 1.165) is 28.4 Å². The smallest absolute Gasteiger partial charge is 0.249 e. The normalized spacial score (nSPS) is 21.6. The van der Waals surface area contributed by atoms with Crippen molar-refractivity contribution in [3.05, 3.63) is 27.2 Å². The molecular weight excluding hydrogens is 386 g/mol. The molecule has 1 amide bonds. The van der Waals surface area contributed by atoms with Gasteiger partial charge in [0.05, 0.1) is 5.69 Å². The first kappa shape index (κ1) is 15.7. The molecule has 1 atom stereocenters. The number of ketones is 1. The van der Waals surface area contributed by atoms with Crippen molar-refractivity contribution in [1.82, 2.24) is 0 Å². The summed E-state index contributed by atoms with van der Waals surface area (Å²) in [6, 6.07) is 1.84. The lowest BCUT2D eigenvalue weighted by molar-refractivity contribution is -0.117. The molecule has 1 heterocycles. The summed E-state index contributed by atoms with van der Waals surface area (Å²) in [7, 11) is 0. The van der Waals surface area contributed by atoms with E-state index < -0.39 is 4.32 Å². The van der Waals surface area contributed by atoms with Crippen LogP contribution in [0.15, 0.2) is 10.5 Å². The second kappa shape index (κ2) is 5.60. The van der Waals surface area contributed by atoms with Crippen molar-refractivity contribution in [2.45, 2.75) is 44.4 Å². The Bertz CT molecular complexity index is 598. The lowest BCUT2D eigenvalue weighted by atomic mass is 9.85. The zero-order chi connectivity index (χ0) is 15.1. The molecule has 0 aromatic heterocycles. The van der Waals surface area contributed by atoms with E-state index in [2.05, 4.69) is 37.2 Å². The van der Waals surface area contributed by atoms with E-state index in [1.807, 2.05) is 26.8 Å². The number of carbonyl (C=O) groups excluding carboxylic acids is 2. The molecule has 3 nitrogen and oxygen atoms in total. The average molecular weight is 403 g/mol. The number of Topliss-reactive ketones (excluding diaryl/α,β-unsaturated/α-hetero) is 1. The van der Waals surface area contributed by atoms with Gasteiger partial charge in [-0.1, -0.05) is 51.6 Å². The highest BCUT2D eigenvalue weighted by Crippen LogP contribution is 2.41. The van der Waals surface area contributed by atoms with Gasteiger partial charge in [-0.2, -0.15) is 0 Å². The van der Waals surface area contributed by atoms with Crippen molar-refractivity contribution in [2.75, 3.05) is 5.32 Å². The fraction of sp³-hybridized carbons (Fsp3) is 0.467. The van der Waals surface area contributed by atoms with Gasteiger partial charge in [0.25, 0.3) is 0 Å². The van der Waals surface area contributed by atoms with Gasteiger partial charge in [-0.15, -0.1) is 0 Å². The van der Waals surface area contributed by atoms with Crippen molar-refractivity contribution in [1.29, 1.82) is 0 Å². The van der Waals surface area contributed by atoms with Gasteiger partial charge in [-0.3, -0.25) is 9.59 Å². The van der Waals surface area contributed by atoms with Crippen LogP contribution < -0.4 is 5.32 Å². The summed E-state index contributed by atoms with van der Waals surface area (Å²) in [5, 5.41) is 2.87. The molecule has 1 unspecified atom stereocenters. The standard InChI is InChI=1S/C15H17Br2NO2/c1-4-5-6-15(17)13(19)11-9(3)12(16)8(2)7-10(11)18-14(15)20/h7H,4-6H2,1-3H3,(H,18,20). The van der Waals surface area contributed by atoms with E-state index in [-0.39, 0.29) is 11.7 Å². The average Bonchev–Trinajstić information content (AvgIpc) is 2.40. The van der Waals surface area contributed by atoms with E-state index in [1.165, 1.54) is 0 Å². The van der Waals surface area contributed by atoms with Crippen molar-refractivity contribution in [3.63, 3.8) is 0 Å². The minimum Gasteiger partial charge on any atom is -0.324 e. The van der Waals surface area contributed by atoms with Crippen LogP contribution in [0.5, 0.6) is 0 Å². The Kier molecular flexibility index (Phi) is 4.40. The fourth-order valence-electron chi connectivity index (χ4n) is 2.52. The number of fused-ring (bicyclic) bond motifs is 1. The largest absolute Gasteiger partial charge is 0.324 e. The van der Waals surface area contributed by atoms with Crippen LogP contribution in [0.2, 0.25) is 0 Å². The van der Waals surface area contributed by atoms with Crippen LogP contribution in [0.3, 0.4) is 0 Å². The minimum absolute atomic E-state index is 0.136. The molecule has 2 rings (SSSR count). The highest BCUT2D eigenvalue weighted by atomic mass is 79.9. The van der Waals surface area contributed by atoms with Crippen LogP contribution in [0.4, 0.5) is 5.69 Å². The number of rotatable bonds is 3. The van der Waals surface area contributed by atoms with E-state index >= 15 is 0 Å². The van der Waals surface area contributed by atoms with Gasteiger partial charge in [0.1, 0.15) is 0 Å². The SMILES string of the molecule is CCCCC1(Br)C(=O)Nc2cc(C)c(Br)c(C)c2C1=O. The molecule has 0 radical (unpaired) electrons. The molecule has 1 aliphatic heterocycles. The Labute approximate surface area is 135 Å². The molecule has 1 aromatic rings. The molecule has 1 aliphatic rings. The number of halogens is 2. The number of anilines is 1. The zero-order valence-electron chi connectivity index (χ0n) is 11.8. The Hall–Kier alpha value is -0.680. The lowest BCUT2D eigenvalue weighted by Gasteiger charge is -2.32. The Morgan fingerprint density at radius 2 is 1.95 bits per heavy atom. The number of benzene rings is 1. The number of carbonyl (C=O) groups is 2. The van der Waals surface area contributed by atoms with Crippen LogP contribution in [0.1, 0.15) is 47.7 Å². The third-order valence-corrected chi connectivity index (χ3v) is 6.09. The van der Waals surface area contributed by atoms with Gasteiger partial charge in [0, 0.05) is 10.0 Å². The molecule has 0 aliphatic carbocycles. The van der Waals surface area contributed by atoms with Gasteiger partial charge >= 0.3 is 0 Å². The second-order valence-corrected chi connectivity index (χ2v) is 7.39. The third-order valence-electron chi connectivity index (χ3n) is 3.75. The fourth-order valence-corrected chi connectivity index (χ4v) is 3.41. The van der Waals surface area contributed by atoms with Crippen molar-refractivity contribution >= 4 is 49.2 Å². The molecule has 0 saturated carbocycles. The van der Waals surface area contributed by atoms with Crippen LogP contribution in [-0.4, -0.2) is 16.0 Å². The number of hydrogen-bond donors (Lipinski definition) is 1. The van der Waals surface area contributed by atoms with E-state index in [1.54, 1.807) is 0 Å². The van der Waals surface area contributed by atoms with E-state index in [9.17, 15) is 9.59 Å². The van der Waals surface area contributed by atoms with Gasteiger partial charge in [-0.05, 0) is 37.5 Å². The van der Waals surface area contributed by atoms with Gasteiger partial charge in [0.15, 0.2) is 10.1 Å². The Morgan fingerprint density at radius 3 is 2.55 bits per heavy atom. The van der Waals surface area contributed by atoms with Gasteiger partial charge < -0.3 is 5.32 Å². The molecular formula is C15H17Br2NO2. The number of nitrogens with one attached hydrogen (secondary N) is 1. The van der Waals surface area contributed by atoms with Crippen LogP contribution in [0.25, 0.3) is 0 Å². The maximum absolute atomic E-state index is 12.8. The van der Waals surface area contributed by atoms with Crippen molar-refractivity contribution in [3.8, 4) is 0 Å². The van der Waals surface area contributed by atoms with Crippen LogP contribution in [-0.2, 0) is 4.79 Å².